The Morgan fingerprint density at radius 1 is 1.29 bits per heavy atom. The number of ether oxygens (including phenoxy) is 1. The van der Waals surface area contributed by atoms with Crippen LogP contribution in [0.2, 0.25) is 0 Å². The minimum absolute atomic E-state index is 0.409. The summed E-state index contributed by atoms with van der Waals surface area (Å²) in [7, 11) is 0. The van der Waals surface area contributed by atoms with Gasteiger partial charge in [-0.1, -0.05) is 19.1 Å². The number of hydrogen-bond acceptors (Lipinski definition) is 3. The number of piperidine rings is 1. The summed E-state index contributed by atoms with van der Waals surface area (Å²) in [4.78, 5) is 2.35. The van der Waals surface area contributed by atoms with Crippen molar-refractivity contribution in [1.82, 2.24) is 4.90 Å². The van der Waals surface area contributed by atoms with Gasteiger partial charge in [-0.2, -0.15) is 5.26 Å². The van der Waals surface area contributed by atoms with Gasteiger partial charge in [-0.3, -0.25) is 4.90 Å². The second-order valence-electron chi connectivity index (χ2n) is 6.31. The molecule has 1 fully saturated rings. The summed E-state index contributed by atoms with van der Waals surface area (Å²) in [6, 6.07) is 10.7. The number of likely N-dealkylation sites (tertiary alicyclic amines) is 1. The first-order valence-electron chi connectivity index (χ1n) is 7.95. The molecule has 1 aromatic rings. The number of nitrogens with zero attached hydrogens (tertiary/aromatic N) is 2. The van der Waals surface area contributed by atoms with Crippen molar-refractivity contribution in [3.8, 4) is 11.8 Å². The van der Waals surface area contributed by atoms with Gasteiger partial charge in [0.05, 0.1) is 12.7 Å². The molecule has 114 valence electrons. The number of nitriles is 1. The molecular formula is C18H26N2O. The molecule has 3 heteroatoms. The van der Waals surface area contributed by atoms with Crippen LogP contribution in [0.1, 0.15) is 39.2 Å². The minimum atomic E-state index is -0.409. The number of hydrogen-bond donors (Lipinski definition) is 0. The van der Waals surface area contributed by atoms with Gasteiger partial charge in [-0.15, -0.1) is 0 Å². The van der Waals surface area contributed by atoms with Crippen molar-refractivity contribution in [3.63, 3.8) is 0 Å². The number of benzene rings is 1. The van der Waals surface area contributed by atoms with Gasteiger partial charge in [0, 0.05) is 6.42 Å². The molecule has 2 rings (SSSR count). The number of rotatable bonds is 5. The van der Waals surface area contributed by atoms with Crippen molar-refractivity contribution in [2.45, 2.75) is 45.6 Å². The van der Waals surface area contributed by atoms with E-state index < -0.39 is 5.54 Å². The van der Waals surface area contributed by atoms with Gasteiger partial charge < -0.3 is 4.74 Å². The van der Waals surface area contributed by atoms with Gasteiger partial charge in [0.15, 0.2) is 0 Å². The summed E-state index contributed by atoms with van der Waals surface area (Å²) in [5.74, 6) is 1.68. The summed E-state index contributed by atoms with van der Waals surface area (Å²) >= 11 is 0. The van der Waals surface area contributed by atoms with Crippen LogP contribution >= 0.6 is 0 Å². The Morgan fingerprint density at radius 2 is 1.90 bits per heavy atom. The van der Waals surface area contributed by atoms with Crippen molar-refractivity contribution < 1.29 is 4.74 Å². The van der Waals surface area contributed by atoms with Crippen molar-refractivity contribution in [2.24, 2.45) is 5.92 Å². The lowest BCUT2D eigenvalue weighted by Gasteiger charge is -2.40. The highest BCUT2D eigenvalue weighted by Gasteiger charge is 2.34. The zero-order chi connectivity index (χ0) is 15.3. The molecule has 0 aliphatic carbocycles. The van der Waals surface area contributed by atoms with Crippen molar-refractivity contribution in [2.75, 3.05) is 19.7 Å². The van der Waals surface area contributed by atoms with Crippen LogP contribution in [0.5, 0.6) is 5.75 Å². The van der Waals surface area contributed by atoms with E-state index in [1.165, 1.54) is 18.4 Å². The van der Waals surface area contributed by atoms with E-state index in [2.05, 4.69) is 36.9 Å². The van der Waals surface area contributed by atoms with Crippen LogP contribution in [-0.2, 0) is 6.42 Å². The van der Waals surface area contributed by atoms with Crippen molar-refractivity contribution >= 4 is 0 Å². The predicted octanol–water partition coefficient (Wildman–Crippen LogP) is 3.64. The fraction of sp³-hybridized carbons (Fsp3) is 0.611. The lowest BCUT2D eigenvalue weighted by atomic mass is 9.88. The first-order valence-corrected chi connectivity index (χ1v) is 7.95. The molecule has 1 heterocycles. The Morgan fingerprint density at radius 3 is 2.43 bits per heavy atom. The van der Waals surface area contributed by atoms with Gasteiger partial charge in [0.25, 0.3) is 0 Å². The average molecular weight is 286 g/mol. The highest BCUT2D eigenvalue weighted by molar-refractivity contribution is 5.29. The van der Waals surface area contributed by atoms with Gasteiger partial charge >= 0.3 is 0 Å². The quantitative estimate of drug-likeness (QED) is 0.829. The molecule has 0 bridgehead atoms. The summed E-state index contributed by atoms with van der Waals surface area (Å²) in [5, 5.41) is 9.69. The predicted molar refractivity (Wildman–Crippen MR) is 85.3 cm³/mol. The highest BCUT2D eigenvalue weighted by Crippen LogP contribution is 2.27. The van der Waals surface area contributed by atoms with E-state index in [1.807, 2.05) is 19.1 Å². The standard InChI is InChI=1S/C18H26N2O/c1-4-21-17-7-5-16(6-8-17)13-18(3,14-19)20-11-9-15(2)10-12-20/h5-8,15H,4,9-13H2,1-3H3. The van der Waals surface area contributed by atoms with E-state index in [-0.39, 0.29) is 0 Å². The van der Waals surface area contributed by atoms with Crippen LogP contribution in [0.15, 0.2) is 24.3 Å². The molecule has 0 N–H and O–H groups in total. The molecule has 1 aromatic carbocycles. The first kappa shape index (κ1) is 15.9. The summed E-state index contributed by atoms with van der Waals surface area (Å²) in [6.07, 6.45) is 3.16. The Hall–Kier alpha value is -1.53. The molecular weight excluding hydrogens is 260 g/mol. The highest BCUT2D eigenvalue weighted by atomic mass is 16.5. The smallest absolute Gasteiger partial charge is 0.119 e. The fourth-order valence-electron chi connectivity index (χ4n) is 2.99. The molecule has 0 amide bonds. The SMILES string of the molecule is CCOc1ccc(CC(C)(C#N)N2CCC(C)CC2)cc1. The molecule has 0 saturated carbocycles. The van der Waals surface area contributed by atoms with Gasteiger partial charge in [-0.25, -0.2) is 0 Å². The third-order valence-electron chi connectivity index (χ3n) is 4.51. The topological polar surface area (TPSA) is 36.3 Å². The third-order valence-corrected chi connectivity index (χ3v) is 4.51. The first-order chi connectivity index (χ1) is 10.1. The van der Waals surface area contributed by atoms with Crippen molar-refractivity contribution in [1.29, 1.82) is 5.26 Å². The molecule has 1 unspecified atom stereocenters. The van der Waals surface area contributed by atoms with Crippen LogP contribution in [0.3, 0.4) is 0 Å². The van der Waals surface area contributed by atoms with E-state index in [9.17, 15) is 5.26 Å². The maximum Gasteiger partial charge on any atom is 0.119 e. The largest absolute Gasteiger partial charge is 0.494 e. The van der Waals surface area contributed by atoms with Crippen LogP contribution in [0.4, 0.5) is 0 Å². The molecule has 1 aliphatic rings. The van der Waals surface area contributed by atoms with Gasteiger partial charge in [-0.05, 0) is 63.4 Å². The third kappa shape index (κ3) is 3.98. The van der Waals surface area contributed by atoms with E-state index >= 15 is 0 Å². The van der Waals surface area contributed by atoms with E-state index in [0.29, 0.717) is 6.61 Å². The minimum Gasteiger partial charge on any atom is -0.494 e. The van der Waals surface area contributed by atoms with E-state index in [0.717, 1.165) is 31.2 Å². The lowest BCUT2D eigenvalue weighted by molar-refractivity contribution is 0.103. The molecule has 0 aromatic heterocycles. The van der Waals surface area contributed by atoms with Gasteiger partial charge in [0.2, 0.25) is 0 Å². The molecule has 1 atom stereocenters. The normalized spacial score (nSPS) is 19.7. The second kappa shape index (κ2) is 6.95. The Kier molecular flexibility index (Phi) is 5.25. The lowest BCUT2D eigenvalue weighted by Crippen LogP contribution is -2.50. The van der Waals surface area contributed by atoms with Crippen LogP contribution in [0.25, 0.3) is 0 Å². The Labute approximate surface area is 128 Å². The summed E-state index contributed by atoms with van der Waals surface area (Å²) in [6.45, 7) is 9.09. The van der Waals surface area contributed by atoms with Crippen LogP contribution in [0, 0.1) is 17.2 Å². The second-order valence-corrected chi connectivity index (χ2v) is 6.31. The molecule has 3 nitrogen and oxygen atoms in total. The molecule has 0 spiro atoms. The van der Waals surface area contributed by atoms with E-state index in [4.69, 9.17) is 4.74 Å². The Balaban J connectivity index is 2.05. The maximum absolute atomic E-state index is 9.69. The van der Waals surface area contributed by atoms with Crippen LogP contribution < -0.4 is 4.74 Å². The summed E-state index contributed by atoms with van der Waals surface area (Å²) < 4.78 is 5.47. The molecule has 1 aliphatic heterocycles. The monoisotopic (exact) mass is 286 g/mol. The zero-order valence-electron chi connectivity index (χ0n) is 13.4. The molecule has 21 heavy (non-hydrogen) atoms. The van der Waals surface area contributed by atoms with E-state index in [1.54, 1.807) is 0 Å². The molecule has 1 saturated heterocycles. The van der Waals surface area contributed by atoms with Gasteiger partial charge in [0.1, 0.15) is 11.3 Å². The summed E-state index contributed by atoms with van der Waals surface area (Å²) in [5.41, 5.74) is 0.786. The molecule has 0 radical (unpaired) electrons. The van der Waals surface area contributed by atoms with Crippen LogP contribution in [-0.4, -0.2) is 30.1 Å². The fourth-order valence-corrected chi connectivity index (χ4v) is 2.99. The average Bonchev–Trinajstić information content (AvgIpc) is 2.50. The van der Waals surface area contributed by atoms with Crippen molar-refractivity contribution in [3.05, 3.63) is 29.8 Å². The Bertz CT molecular complexity index is 483. The zero-order valence-corrected chi connectivity index (χ0v) is 13.4. The maximum atomic E-state index is 9.69.